The van der Waals surface area contributed by atoms with Gasteiger partial charge in [-0.15, -0.1) is 11.3 Å². The topological polar surface area (TPSA) is 92.9 Å². The summed E-state index contributed by atoms with van der Waals surface area (Å²) in [5.41, 5.74) is 1.53. The molecule has 168 valence electrons. The van der Waals surface area contributed by atoms with Gasteiger partial charge in [0.1, 0.15) is 5.58 Å². The molecular weight excluding hydrogens is 464 g/mol. The van der Waals surface area contributed by atoms with Crippen molar-refractivity contribution < 1.29 is 19.1 Å². The van der Waals surface area contributed by atoms with Crippen LogP contribution in [0.1, 0.15) is 45.2 Å². The molecule has 2 aromatic carbocycles. The molecule has 9 heteroatoms. The highest BCUT2D eigenvalue weighted by atomic mass is 35.5. The summed E-state index contributed by atoms with van der Waals surface area (Å²) in [7, 11) is 0. The summed E-state index contributed by atoms with van der Waals surface area (Å²) in [6.45, 7) is 5.94. The first-order valence-electron chi connectivity index (χ1n) is 10.3. The van der Waals surface area contributed by atoms with Crippen molar-refractivity contribution in [2.24, 2.45) is 0 Å². The zero-order valence-corrected chi connectivity index (χ0v) is 19.6. The van der Waals surface area contributed by atoms with E-state index in [1.165, 1.54) is 28.4 Å². The monoisotopic (exact) mass is 482 g/mol. The number of aryl methyl sites for hydroxylation is 2. The van der Waals surface area contributed by atoms with Crippen molar-refractivity contribution in [3.63, 3.8) is 0 Å². The number of carbonyl (C=O) groups is 1. The first kappa shape index (κ1) is 21.5. The van der Waals surface area contributed by atoms with Gasteiger partial charge in [-0.1, -0.05) is 17.7 Å². The first-order chi connectivity index (χ1) is 15.8. The molecular formula is C24H19ClN2O5S. The fourth-order valence-electron chi connectivity index (χ4n) is 3.99. The maximum atomic E-state index is 13.6. The Bertz CT molecular complexity index is 1470. The molecule has 33 heavy (non-hydrogen) atoms. The third-order valence-corrected chi connectivity index (χ3v) is 6.96. The van der Waals surface area contributed by atoms with E-state index in [4.69, 9.17) is 20.8 Å². The lowest BCUT2D eigenvalue weighted by Gasteiger charge is -2.23. The molecule has 4 aromatic rings. The molecule has 2 aromatic heterocycles. The maximum absolute atomic E-state index is 13.6. The Morgan fingerprint density at radius 3 is 2.70 bits per heavy atom. The Balaban J connectivity index is 1.81. The van der Waals surface area contributed by atoms with Crippen LogP contribution in [0.3, 0.4) is 0 Å². The van der Waals surface area contributed by atoms with Gasteiger partial charge in [-0.3, -0.25) is 14.5 Å². The SMILES string of the molecule is CCOc1cc(C2c3c(oc4ccc(Cl)cc4c3=O)C(=O)N2c2nc(C)c(C)s2)ccc1O. The highest BCUT2D eigenvalue weighted by molar-refractivity contribution is 7.15. The summed E-state index contributed by atoms with van der Waals surface area (Å²) in [6, 6.07) is 8.69. The molecule has 1 aliphatic rings. The van der Waals surface area contributed by atoms with Crippen LogP contribution in [0.25, 0.3) is 11.0 Å². The van der Waals surface area contributed by atoms with E-state index in [2.05, 4.69) is 4.98 Å². The van der Waals surface area contributed by atoms with Gasteiger partial charge in [0.2, 0.25) is 5.76 Å². The summed E-state index contributed by atoms with van der Waals surface area (Å²) < 4.78 is 11.5. The van der Waals surface area contributed by atoms with Gasteiger partial charge in [0.15, 0.2) is 22.1 Å². The molecule has 0 radical (unpaired) electrons. The molecule has 1 atom stereocenters. The van der Waals surface area contributed by atoms with Crippen molar-refractivity contribution in [2.75, 3.05) is 11.5 Å². The summed E-state index contributed by atoms with van der Waals surface area (Å²) in [6.07, 6.45) is 0. The number of hydrogen-bond donors (Lipinski definition) is 1. The van der Waals surface area contributed by atoms with Gasteiger partial charge < -0.3 is 14.3 Å². The predicted molar refractivity (Wildman–Crippen MR) is 127 cm³/mol. The van der Waals surface area contributed by atoms with Gasteiger partial charge in [0.05, 0.1) is 29.3 Å². The second-order valence-corrected chi connectivity index (χ2v) is 9.31. The number of rotatable bonds is 4. The average Bonchev–Trinajstić information content (AvgIpc) is 3.26. The number of halogens is 1. The quantitative estimate of drug-likeness (QED) is 0.420. The largest absolute Gasteiger partial charge is 0.504 e. The van der Waals surface area contributed by atoms with Crippen LogP contribution >= 0.6 is 22.9 Å². The smallest absolute Gasteiger partial charge is 0.297 e. The lowest BCUT2D eigenvalue weighted by molar-refractivity contribution is 0.0971. The zero-order chi connectivity index (χ0) is 23.4. The Morgan fingerprint density at radius 1 is 1.21 bits per heavy atom. The van der Waals surface area contributed by atoms with Crippen molar-refractivity contribution in [1.82, 2.24) is 4.98 Å². The molecule has 0 spiro atoms. The van der Waals surface area contributed by atoms with E-state index in [1.807, 2.05) is 13.8 Å². The number of thiazole rings is 1. The summed E-state index contributed by atoms with van der Waals surface area (Å²) in [4.78, 5) is 34.2. The van der Waals surface area contributed by atoms with Crippen LogP contribution in [0, 0.1) is 13.8 Å². The minimum atomic E-state index is -0.808. The van der Waals surface area contributed by atoms with Crippen LogP contribution in [0.5, 0.6) is 11.5 Å². The van der Waals surface area contributed by atoms with Crippen LogP contribution in [-0.2, 0) is 0 Å². The number of aromatic nitrogens is 1. The van der Waals surface area contributed by atoms with Crippen molar-refractivity contribution in [1.29, 1.82) is 0 Å². The molecule has 1 aliphatic heterocycles. The molecule has 0 fully saturated rings. The van der Waals surface area contributed by atoms with Gasteiger partial charge in [-0.25, -0.2) is 4.98 Å². The van der Waals surface area contributed by atoms with E-state index < -0.39 is 11.9 Å². The standard InChI is InChI=1S/C24H19ClN2O5S/c1-4-31-18-9-13(5-7-16(18)28)20-19-21(29)15-10-14(25)6-8-17(15)32-22(19)23(30)27(20)24-26-11(2)12(3)33-24/h5-10,20,28H,4H2,1-3H3. The fraction of sp³-hybridized carbons (Fsp3) is 0.208. The number of ether oxygens (including phenoxy) is 1. The van der Waals surface area contributed by atoms with E-state index >= 15 is 0 Å². The number of aromatic hydroxyl groups is 1. The van der Waals surface area contributed by atoms with Crippen LogP contribution < -0.4 is 15.1 Å². The summed E-state index contributed by atoms with van der Waals surface area (Å²) >= 11 is 7.49. The lowest BCUT2D eigenvalue weighted by Crippen LogP contribution is -2.29. The second-order valence-electron chi connectivity index (χ2n) is 7.69. The van der Waals surface area contributed by atoms with Crippen LogP contribution in [-0.4, -0.2) is 22.6 Å². The Morgan fingerprint density at radius 2 is 2.00 bits per heavy atom. The third kappa shape index (κ3) is 3.37. The number of phenolic OH excluding ortho intramolecular Hbond substituents is 1. The number of hydrogen-bond acceptors (Lipinski definition) is 7. The van der Waals surface area contributed by atoms with Gasteiger partial charge in [-0.05, 0) is 56.7 Å². The molecule has 1 N–H and O–H groups in total. The van der Waals surface area contributed by atoms with Crippen LogP contribution in [0.4, 0.5) is 5.13 Å². The van der Waals surface area contributed by atoms with E-state index in [0.717, 1.165) is 10.6 Å². The molecule has 0 saturated heterocycles. The zero-order valence-electron chi connectivity index (χ0n) is 18.0. The minimum absolute atomic E-state index is 0.0311. The van der Waals surface area contributed by atoms with E-state index in [-0.39, 0.29) is 39.2 Å². The van der Waals surface area contributed by atoms with Crippen molar-refractivity contribution in [2.45, 2.75) is 26.8 Å². The minimum Gasteiger partial charge on any atom is -0.504 e. The van der Waals surface area contributed by atoms with Crippen LogP contribution in [0.15, 0.2) is 45.6 Å². The summed E-state index contributed by atoms with van der Waals surface area (Å²) in [5, 5.41) is 11.3. The molecule has 5 rings (SSSR count). The van der Waals surface area contributed by atoms with Crippen molar-refractivity contribution >= 4 is 44.9 Å². The maximum Gasteiger partial charge on any atom is 0.297 e. The second kappa shape index (κ2) is 7.90. The molecule has 0 bridgehead atoms. The van der Waals surface area contributed by atoms with Crippen LogP contribution in [0.2, 0.25) is 5.02 Å². The normalized spacial score (nSPS) is 15.3. The number of phenols is 1. The predicted octanol–water partition coefficient (Wildman–Crippen LogP) is 5.37. The summed E-state index contributed by atoms with van der Waals surface area (Å²) in [5.74, 6) is -0.259. The van der Waals surface area contributed by atoms with E-state index in [1.54, 1.807) is 31.2 Å². The first-order valence-corrected chi connectivity index (χ1v) is 11.5. The number of fused-ring (bicyclic) bond motifs is 2. The van der Waals surface area contributed by atoms with Crippen molar-refractivity contribution in [3.05, 3.63) is 79.1 Å². The number of anilines is 1. The average molecular weight is 483 g/mol. The molecule has 0 aliphatic carbocycles. The highest BCUT2D eigenvalue weighted by Crippen LogP contribution is 2.44. The number of nitrogens with zero attached hydrogens (tertiary/aromatic N) is 2. The third-order valence-electron chi connectivity index (χ3n) is 5.65. The Kier molecular flexibility index (Phi) is 5.14. The number of carbonyl (C=O) groups excluding carboxylic acids is 1. The van der Waals surface area contributed by atoms with E-state index in [0.29, 0.717) is 22.3 Å². The van der Waals surface area contributed by atoms with E-state index in [9.17, 15) is 14.7 Å². The molecule has 3 heterocycles. The van der Waals surface area contributed by atoms with Gasteiger partial charge in [-0.2, -0.15) is 0 Å². The van der Waals surface area contributed by atoms with Gasteiger partial charge in [0, 0.05) is 9.90 Å². The fourth-order valence-corrected chi connectivity index (χ4v) is 5.10. The number of benzene rings is 2. The highest BCUT2D eigenvalue weighted by Gasteiger charge is 2.45. The van der Waals surface area contributed by atoms with Gasteiger partial charge >= 0.3 is 0 Å². The van der Waals surface area contributed by atoms with Gasteiger partial charge in [0.25, 0.3) is 5.91 Å². The Labute approximate surface area is 197 Å². The molecule has 7 nitrogen and oxygen atoms in total. The molecule has 1 amide bonds. The molecule has 0 saturated carbocycles. The Hall–Kier alpha value is -3.36. The number of amides is 1. The molecule has 1 unspecified atom stereocenters. The lowest BCUT2D eigenvalue weighted by atomic mass is 9.98. The van der Waals surface area contributed by atoms with Crippen molar-refractivity contribution in [3.8, 4) is 11.5 Å².